The summed E-state index contributed by atoms with van der Waals surface area (Å²) in [6.07, 6.45) is 2.41. The van der Waals surface area contributed by atoms with E-state index in [2.05, 4.69) is 20.2 Å². The molecule has 2 aromatic carbocycles. The number of benzene rings is 2. The molecule has 2 heterocycles. The Hall–Kier alpha value is -2.81. The van der Waals surface area contributed by atoms with E-state index in [4.69, 9.17) is 30.5 Å². The summed E-state index contributed by atoms with van der Waals surface area (Å²) in [5, 5.41) is 4.63. The Morgan fingerprint density at radius 1 is 1.12 bits per heavy atom. The van der Waals surface area contributed by atoms with Crippen molar-refractivity contribution in [2.75, 3.05) is 51.9 Å². The molecule has 34 heavy (non-hydrogen) atoms. The summed E-state index contributed by atoms with van der Waals surface area (Å²) in [5.41, 5.74) is 1.40. The SMILES string of the molecule is COc1ccc(Cl)c(Nc2ncnc3cc(OCCCN4CCOCC4)cc(OC(C)C)c23)c1. The van der Waals surface area contributed by atoms with E-state index >= 15 is 0 Å². The zero-order valence-corrected chi connectivity index (χ0v) is 20.6. The molecule has 0 saturated carbocycles. The number of methoxy groups -OCH3 is 1. The van der Waals surface area contributed by atoms with Gasteiger partial charge in [0.05, 0.1) is 54.6 Å². The van der Waals surface area contributed by atoms with Gasteiger partial charge in [-0.1, -0.05) is 11.6 Å². The Balaban J connectivity index is 1.56. The minimum absolute atomic E-state index is 0.0340. The number of anilines is 2. The Labute approximate surface area is 205 Å². The van der Waals surface area contributed by atoms with E-state index in [1.54, 1.807) is 13.2 Å². The highest BCUT2D eigenvalue weighted by Crippen LogP contribution is 2.37. The van der Waals surface area contributed by atoms with Gasteiger partial charge in [0.2, 0.25) is 0 Å². The van der Waals surface area contributed by atoms with E-state index < -0.39 is 0 Å². The number of rotatable bonds is 10. The van der Waals surface area contributed by atoms with E-state index in [1.165, 1.54) is 6.33 Å². The molecule has 1 saturated heterocycles. The molecule has 182 valence electrons. The van der Waals surface area contributed by atoms with Crippen molar-refractivity contribution in [2.45, 2.75) is 26.4 Å². The van der Waals surface area contributed by atoms with E-state index in [1.807, 2.05) is 38.1 Å². The number of morpholine rings is 1. The maximum atomic E-state index is 6.41. The standard InChI is InChI=1S/C25H31ClN4O4/c1-17(2)34-23-15-19(33-10-4-7-30-8-11-32-12-9-30)14-22-24(23)25(28-16-27-22)29-21-13-18(31-3)5-6-20(21)26/h5-6,13-17H,4,7-12H2,1-3H3,(H,27,28,29). The maximum absolute atomic E-state index is 6.41. The summed E-state index contributed by atoms with van der Waals surface area (Å²) in [6, 6.07) is 9.23. The molecular weight excluding hydrogens is 456 g/mol. The van der Waals surface area contributed by atoms with Gasteiger partial charge >= 0.3 is 0 Å². The smallest absolute Gasteiger partial charge is 0.145 e. The average Bonchev–Trinajstić information content (AvgIpc) is 2.83. The second kappa shape index (κ2) is 11.6. The number of aromatic nitrogens is 2. The molecule has 3 aromatic rings. The number of fused-ring (bicyclic) bond motifs is 1. The molecule has 0 bridgehead atoms. The molecule has 1 aromatic heterocycles. The molecule has 0 atom stereocenters. The molecule has 0 aliphatic carbocycles. The van der Waals surface area contributed by atoms with Gasteiger partial charge in [-0.15, -0.1) is 0 Å². The summed E-state index contributed by atoms with van der Waals surface area (Å²) < 4.78 is 23.0. The first-order chi connectivity index (χ1) is 16.5. The lowest BCUT2D eigenvalue weighted by atomic mass is 10.2. The molecule has 1 N–H and O–H groups in total. The Bertz CT molecular complexity index is 1110. The molecule has 0 spiro atoms. The predicted molar refractivity (Wildman–Crippen MR) is 134 cm³/mol. The second-order valence-corrected chi connectivity index (χ2v) is 8.74. The number of hydrogen-bond acceptors (Lipinski definition) is 8. The molecule has 1 aliphatic rings. The minimum Gasteiger partial charge on any atom is -0.497 e. The van der Waals surface area contributed by atoms with Crippen LogP contribution in [0.4, 0.5) is 11.5 Å². The van der Waals surface area contributed by atoms with Crippen molar-refractivity contribution >= 4 is 34.0 Å². The second-order valence-electron chi connectivity index (χ2n) is 8.33. The monoisotopic (exact) mass is 486 g/mol. The topological polar surface area (TPSA) is 78.0 Å². The zero-order chi connectivity index (χ0) is 23.9. The van der Waals surface area contributed by atoms with Crippen LogP contribution in [0.1, 0.15) is 20.3 Å². The number of halogens is 1. The molecular formula is C25H31ClN4O4. The molecule has 0 amide bonds. The van der Waals surface area contributed by atoms with E-state index in [-0.39, 0.29) is 6.10 Å². The summed E-state index contributed by atoms with van der Waals surface area (Å²) in [5.74, 6) is 2.65. The Morgan fingerprint density at radius 2 is 1.94 bits per heavy atom. The zero-order valence-electron chi connectivity index (χ0n) is 19.8. The third-order valence-electron chi connectivity index (χ3n) is 5.46. The highest BCUT2D eigenvalue weighted by molar-refractivity contribution is 6.33. The molecule has 4 rings (SSSR count). The van der Waals surface area contributed by atoms with Crippen molar-refractivity contribution in [1.29, 1.82) is 0 Å². The van der Waals surface area contributed by atoms with Gasteiger partial charge in [-0.2, -0.15) is 0 Å². The number of hydrogen-bond donors (Lipinski definition) is 1. The fourth-order valence-electron chi connectivity index (χ4n) is 3.81. The molecule has 0 unspecified atom stereocenters. The largest absolute Gasteiger partial charge is 0.497 e. The van der Waals surface area contributed by atoms with Gasteiger partial charge in [-0.3, -0.25) is 4.90 Å². The molecule has 1 aliphatic heterocycles. The third-order valence-corrected chi connectivity index (χ3v) is 5.79. The number of ether oxygens (including phenoxy) is 4. The predicted octanol–water partition coefficient (Wildman–Crippen LogP) is 4.92. The van der Waals surface area contributed by atoms with Crippen molar-refractivity contribution in [3.05, 3.63) is 41.7 Å². The van der Waals surface area contributed by atoms with Crippen LogP contribution >= 0.6 is 11.6 Å². The van der Waals surface area contributed by atoms with Crippen molar-refractivity contribution < 1.29 is 18.9 Å². The van der Waals surface area contributed by atoms with Crippen LogP contribution in [0, 0.1) is 0 Å². The van der Waals surface area contributed by atoms with Crippen LogP contribution in [0.15, 0.2) is 36.7 Å². The van der Waals surface area contributed by atoms with Crippen molar-refractivity contribution in [1.82, 2.24) is 14.9 Å². The van der Waals surface area contributed by atoms with Gasteiger partial charge in [0.15, 0.2) is 0 Å². The van der Waals surface area contributed by atoms with Crippen molar-refractivity contribution in [3.8, 4) is 17.2 Å². The first kappa shape index (κ1) is 24.3. The summed E-state index contributed by atoms with van der Waals surface area (Å²) in [6.45, 7) is 9.13. The molecule has 0 radical (unpaired) electrons. The summed E-state index contributed by atoms with van der Waals surface area (Å²) in [7, 11) is 1.62. The van der Waals surface area contributed by atoms with Gasteiger partial charge in [0.25, 0.3) is 0 Å². The first-order valence-corrected chi connectivity index (χ1v) is 11.9. The van der Waals surface area contributed by atoms with Crippen molar-refractivity contribution in [3.63, 3.8) is 0 Å². The van der Waals surface area contributed by atoms with Crippen LogP contribution in [0.2, 0.25) is 5.02 Å². The van der Waals surface area contributed by atoms with Gasteiger partial charge < -0.3 is 24.3 Å². The lowest BCUT2D eigenvalue weighted by Crippen LogP contribution is -2.37. The number of nitrogens with one attached hydrogen (secondary N) is 1. The van der Waals surface area contributed by atoms with Crippen molar-refractivity contribution in [2.24, 2.45) is 0 Å². The fourth-order valence-corrected chi connectivity index (χ4v) is 3.98. The number of nitrogens with zero attached hydrogens (tertiary/aromatic N) is 3. The van der Waals surface area contributed by atoms with E-state index in [0.29, 0.717) is 40.4 Å². The third kappa shape index (κ3) is 6.20. The summed E-state index contributed by atoms with van der Waals surface area (Å²) >= 11 is 6.41. The van der Waals surface area contributed by atoms with E-state index in [0.717, 1.165) is 50.2 Å². The van der Waals surface area contributed by atoms with Crippen LogP contribution in [0.25, 0.3) is 10.9 Å². The minimum atomic E-state index is -0.0340. The highest BCUT2D eigenvalue weighted by atomic mass is 35.5. The fraction of sp³-hybridized carbons (Fsp3) is 0.440. The van der Waals surface area contributed by atoms with Crippen LogP contribution < -0.4 is 19.5 Å². The molecule has 1 fully saturated rings. The van der Waals surface area contributed by atoms with E-state index in [9.17, 15) is 0 Å². The lowest BCUT2D eigenvalue weighted by Gasteiger charge is -2.26. The van der Waals surface area contributed by atoms with Crippen LogP contribution in [-0.4, -0.2) is 67.5 Å². The molecule has 8 nitrogen and oxygen atoms in total. The molecule has 9 heteroatoms. The maximum Gasteiger partial charge on any atom is 0.145 e. The summed E-state index contributed by atoms with van der Waals surface area (Å²) in [4.78, 5) is 11.3. The van der Waals surface area contributed by atoms with Crippen LogP contribution in [0.3, 0.4) is 0 Å². The van der Waals surface area contributed by atoms with Crippen LogP contribution in [0.5, 0.6) is 17.2 Å². The van der Waals surface area contributed by atoms with Gasteiger partial charge in [0, 0.05) is 37.8 Å². The van der Waals surface area contributed by atoms with Gasteiger partial charge in [-0.05, 0) is 32.4 Å². The quantitative estimate of drug-likeness (QED) is 0.404. The normalized spacial score (nSPS) is 14.4. The van der Waals surface area contributed by atoms with Crippen LogP contribution in [-0.2, 0) is 4.74 Å². The average molecular weight is 487 g/mol. The van der Waals surface area contributed by atoms with Gasteiger partial charge in [0.1, 0.15) is 29.4 Å². The Kier molecular flexibility index (Phi) is 8.26. The highest BCUT2D eigenvalue weighted by Gasteiger charge is 2.16. The Morgan fingerprint density at radius 3 is 2.71 bits per heavy atom. The lowest BCUT2D eigenvalue weighted by molar-refractivity contribution is 0.0358. The first-order valence-electron chi connectivity index (χ1n) is 11.5. The van der Waals surface area contributed by atoms with Gasteiger partial charge in [-0.25, -0.2) is 9.97 Å².